The number of amides is 5. The normalized spacial score (nSPS) is 10.8. The third-order valence-electron chi connectivity index (χ3n) is 8.42. The molecule has 0 saturated carbocycles. The molecule has 52 heavy (non-hydrogen) atoms. The smallest absolute Gasteiger partial charge is 0.323 e. The highest BCUT2D eigenvalue weighted by molar-refractivity contribution is 6.01. The number of aliphatic carboxylic acids is 1. The summed E-state index contributed by atoms with van der Waals surface area (Å²) in [6.07, 6.45) is 0.356. The van der Waals surface area contributed by atoms with E-state index in [2.05, 4.69) is 10.6 Å². The number of nitrogens with zero attached hydrogens (tertiary/aromatic N) is 3. The lowest BCUT2D eigenvalue weighted by Crippen LogP contribution is -2.51. The van der Waals surface area contributed by atoms with E-state index in [-0.39, 0.29) is 63.0 Å². The molecule has 13 heteroatoms. The average molecular weight is 720 g/mol. The van der Waals surface area contributed by atoms with Crippen LogP contribution in [0.5, 0.6) is 17.2 Å². The minimum absolute atomic E-state index is 0.0408. The second-order valence-electron chi connectivity index (χ2n) is 12.8. The number of ether oxygens (including phenoxy) is 3. The molecule has 0 unspecified atom stereocenters. The van der Waals surface area contributed by atoms with Gasteiger partial charge in [0.2, 0.25) is 5.91 Å². The number of carboxylic acids is 1. The molecule has 0 bridgehead atoms. The lowest BCUT2D eigenvalue weighted by Gasteiger charge is -2.36. The van der Waals surface area contributed by atoms with Gasteiger partial charge < -0.3 is 44.7 Å². The van der Waals surface area contributed by atoms with Crippen molar-refractivity contribution in [3.05, 3.63) is 77.9 Å². The quantitative estimate of drug-likeness (QED) is 0.119. The lowest BCUT2D eigenvalue weighted by atomic mass is 10.1. The Labute approximate surface area is 306 Å². The molecular formula is C39H53N5O8. The van der Waals surface area contributed by atoms with Crippen LogP contribution in [0.2, 0.25) is 0 Å². The summed E-state index contributed by atoms with van der Waals surface area (Å²) in [6, 6.07) is 18.8. The van der Waals surface area contributed by atoms with Crippen molar-refractivity contribution in [2.75, 3.05) is 57.6 Å². The standard InChI is InChI=1S/C39H53N5O8/c1-27(2)43(36(45)26-30-17-18-32(35(25-30)51-7)41-38(48)40-31-14-9-8-13-29(31)5)22-23-44(28(3)4)39(49)42(21-19-37(46)47)20-12-24-52-34-16-11-10-15-33(34)50-6/h8-11,13-18,25,27-28H,12,19-24,26H2,1-7H3,(H,46,47)(H2,40,41,48). The number of benzene rings is 3. The zero-order valence-corrected chi connectivity index (χ0v) is 31.3. The van der Waals surface area contributed by atoms with Gasteiger partial charge in [-0.05, 0) is 82.5 Å². The Balaban J connectivity index is 1.64. The number of carbonyl (C=O) groups is 4. The van der Waals surface area contributed by atoms with Crippen LogP contribution in [-0.4, -0.2) is 103 Å². The van der Waals surface area contributed by atoms with Crippen LogP contribution in [0.15, 0.2) is 66.7 Å². The Kier molecular flexibility index (Phi) is 16.1. The van der Waals surface area contributed by atoms with Crippen molar-refractivity contribution in [1.29, 1.82) is 0 Å². The van der Waals surface area contributed by atoms with Gasteiger partial charge in [-0.1, -0.05) is 36.4 Å². The van der Waals surface area contributed by atoms with Gasteiger partial charge in [-0.3, -0.25) is 9.59 Å². The highest BCUT2D eigenvalue weighted by atomic mass is 16.5. The van der Waals surface area contributed by atoms with Gasteiger partial charge in [-0.2, -0.15) is 0 Å². The van der Waals surface area contributed by atoms with Crippen LogP contribution in [0.25, 0.3) is 0 Å². The van der Waals surface area contributed by atoms with Crippen LogP contribution < -0.4 is 24.8 Å². The largest absolute Gasteiger partial charge is 0.495 e. The second-order valence-corrected chi connectivity index (χ2v) is 12.8. The van der Waals surface area contributed by atoms with Crippen LogP contribution >= 0.6 is 0 Å². The molecule has 3 aromatic rings. The Morgan fingerprint density at radius 1 is 0.731 bits per heavy atom. The first-order valence-electron chi connectivity index (χ1n) is 17.5. The maximum atomic E-state index is 13.8. The van der Waals surface area contributed by atoms with Gasteiger partial charge in [0.15, 0.2) is 11.5 Å². The number of para-hydroxylation sites is 3. The lowest BCUT2D eigenvalue weighted by molar-refractivity contribution is -0.137. The number of hydrogen-bond acceptors (Lipinski definition) is 7. The predicted molar refractivity (Wildman–Crippen MR) is 202 cm³/mol. The van der Waals surface area contributed by atoms with Crippen molar-refractivity contribution in [1.82, 2.24) is 14.7 Å². The average Bonchev–Trinajstić information content (AvgIpc) is 3.10. The van der Waals surface area contributed by atoms with E-state index in [4.69, 9.17) is 14.2 Å². The molecule has 3 aromatic carbocycles. The van der Waals surface area contributed by atoms with E-state index < -0.39 is 12.0 Å². The Bertz CT molecular complexity index is 1650. The monoisotopic (exact) mass is 719 g/mol. The van der Waals surface area contributed by atoms with E-state index in [1.807, 2.05) is 71.0 Å². The summed E-state index contributed by atoms with van der Waals surface area (Å²) < 4.78 is 16.7. The first-order valence-corrected chi connectivity index (χ1v) is 17.5. The molecule has 5 amide bonds. The van der Waals surface area contributed by atoms with E-state index >= 15 is 0 Å². The summed E-state index contributed by atoms with van der Waals surface area (Å²) in [5.74, 6) is 0.461. The number of aryl methyl sites for hydroxylation is 1. The van der Waals surface area contributed by atoms with Gasteiger partial charge in [0.05, 0.1) is 39.4 Å². The number of urea groups is 2. The first kappa shape index (κ1) is 41.0. The summed E-state index contributed by atoms with van der Waals surface area (Å²) in [5, 5.41) is 15.0. The van der Waals surface area contributed by atoms with Crippen molar-refractivity contribution >= 4 is 35.3 Å². The molecule has 3 N–H and O–H groups in total. The summed E-state index contributed by atoms with van der Waals surface area (Å²) in [6.45, 7) is 10.7. The molecule has 0 fully saturated rings. The van der Waals surface area contributed by atoms with E-state index in [0.29, 0.717) is 47.2 Å². The van der Waals surface area contributed by atoms with E-state index in [1.54, 1.807) is 47.2 Å². The number of carbonyl (C=O) groups excluding carboxylic acids is 3. The van der Waals surface area contributed by atoms with Gasteiger partial charge in [0, 0.05) is 44.0 Å². The van der Waals surface area contributed by atoms with Gasteiger partial charge in [0.25, 0.3) is 0 Å². The number of rotatable bonds is 19. The maximum absolute atomic E-state index is 13.8. The molecule has 0 aliphatic heterocycles. The van der Waals surface area contributed by atoms with E-state index in [1.165, 1.54) is 12.0 Å². The highest BCUT2D eigenvalue weighted by Crippen LogP contribution is 2.27. The third-order valence-corrected chi connectivity index (χ3v) is 8.42. The SMILES string of the molecule is COc1cc(CC(=O)N(CCN(C(=O)N(CCCOc2ccccc2OC)CCC(=O)O)C(C)C)C(C)C)ccc1NC(=O)Nc1ccccc1C. The van der Waals surface area contributed by atoms with Crippen molar-refractivity contribution < 1.29 is 38.5 Å². The fraction of sp³-hybridized carbons (Fsp3) is 0.436. The first-order chi connectivity index (χ1) is 24.8. The molecule has 0 saturated heterocycles. The van der Waals surface area contributed by atoms with Crippen molar-refractivity contribution in [2.45, 2.75) is 66.0 Å². The third kappa shape index (κ3) is 12.4. The van der Waals surface area contributed by atoms with E-state index in [9.17, 15) is 24.3 Å². The fourth-order valence-electron chi connectivity index (χ4n) is 5.57. The summed E-state index contributed by atoms with van der Waals surface area (Å²) in [4.78, 5) is 56.6. The van der Waals surface area contributed by atoms with Crippen molar-refractivity contribution in [2.24, 2.45) is 0 Å². The van der Waals surface area contributed by atoms with Crippen LogP contribution in [-0.2, 0) is 16.0 Å². The van der Waals surface area contributed by atoms with Crippen LogP contribution in [0.4, 0.5) is 21.0 Å². The minimum Gasteiger partial charge on any atom is -0.495 e. The predicted octanol–water partition coefficient (Wildman–Crippen LogP) is 6.51. The minimum atomic E-state index is -0.998. The fourth-order valence-corrected chi connectivity index (χ4v) is 5.57. The van der Waals surface area contributed by atoms with Gasteiger partial charge >= 0.3 is 18.0 Å². The maximum Gasteiger partial charge on any atom is 0.323 e. The number of nitrogens with one attached hydrogen (secondary N) is 2. The number of hydrogen-bond donors (Lipinski definition) is 3. The Morgan fingerprint density at radius 2 is 1.35 bits per heavy atom. The molecule has 282 valence electrons. The number of anilines is 2. The number of carboxylic acid groups (broad SMARTS) is 1. The highest BCUT2D eigenvalue weighted by Gasteiger charge is 2.26. The van der Waals surface area contributed by atoms with Gasteiger partial charge in [-0.15, -0.1) is 0 Å². The number of methoxy groups -OCH3 is 2. The molecule has 0 aliphatic carbocycles. The Morgan fingerprint density at radius 3 is 1.98 bits per heavy atom. The molecule has 13 nitrogen and oxygen atoms in total. The Hall–Kier alpha value is -5.46. The second kappa shape index (κ2) is 20.4. The van der Waals surface area contributed by atoms with Gasteiger partial charge in [-0.25, -0.2) is 9.59 Å². The molecule has 0 spiro atoms. The van der Waals surface area contributed by atoms with Crippen LogP contribution in [0, 0.1) is 6.92 Å². The molecule has 3 rings (SSSR count). The molecule has 0 atom stereocenters. The van der Waals surface area contributed by atoms with Crippen molar-refractivity contribution in [3.8, 4) is 17.2 Å². The summed E-state index contributed by atoms with van der Waals surface area (Å²) in [5.41, 5.74) is 2.77. The zero-order valence-electron chi connectivity index (χ0n) is 31.3. The molecule has 0 heterocycles. The molecule has 0 aliphatic rings. The van der Waals surface area contributed by atoms with E-state index in [0.717, 1.165) is 5.56 Å². The molecular weight excluding hydrogens is 666 g/mol. The molecule has 0 radical (unpaired) electrons. The molecule has 0 aromatic heterocycles. The summed E-state index contributed by atoms with van der Waals surface area (Å²) in [7, 11) is 3.06. The topological polar surface area (TPSA) is 150 Å². The van der Waals surface area contributed by atoms with Gasteiger partial charge in [0.1, 0.15) is 5.75 Å². The van der Waals surface area contributed by atoms with Crippen LogP contribution in [0.3, 0.4) is 0 Å². The van der Waals surface area contributed by atoms with Crippen molar-refractivity contribution in [3.63, 3.8) is 0 Å². The van der Waals surface area contributed by atoms with Crippen LogP contribution in [0.1, 0.15) is 51.7 Å². The zero-order chi connectivity index (χ0) is 38.2. The summed E-state index contributed by atoms with van der Waals surface area (Å²) >= 11 is 0.